The summed E-state index contributed by atoms with van der Waals surface area (Å²) in [5.41, 5.74) is 0. The molecule has 2 aliphatic rings. The monoisotopic (exact) mass is 199 g/mol. The van der Waals surface area contributed by atoms with Crippen LogP contribution in [0.3, 0.4) is 0 Å². The van der Waals surface area contributed by atoms with Gasteiger partial charge in [-0.15, -0.1) is 0 Å². The van der Waals surface area contributed by atoms with Crippen molar-refractivity contribution in [1.29, 1.82) is 0 Å². The Bertz CT molecular complexity index is 145. The van der Waals surface area contributed by atoms with Crippen LogP contribution >= 0.6 is 0 Å². The number of piperidine rings is 1. The fraction of sp³-hybridized carbons (Fsp3) is 1.00. The minimum atomic E-state index is -0.154. The van der Waals surface area contributed by atoms with Crippen LogP contribution in [0.1, 0.15) is 32.1 Å². The predicted octanol–water partition coefficient (Wildman–Crippen LogP) is 0.916. The van der Waals surface area contributed by atoms with E-state index in [-0.39, 0.29) is 6.10 Å². The second-order valence-corrected chi connectivity index (χ2v) is 4.50. The second kappa shape index (κ2) is 5.10. The zero-order valence-corrected chi connectivity index (χ0v) is 8.74. The minimum absolute atomic E-state index is 0.154. The topological polar surface area (TPSA) is 41.5 Å². The molecule has 2 saturated heterocycles. The molecule has 0 aromatic carbocycles. The molecule has 0 aliphatic carbocycles. The molecule has 2 fully saturated rings. The first-order chi connectivity index (χ1) is 6.88. The summed E-state index contributed by atoms with van der Waals surface area (Å²) >= 11 is 0. The van der Waals surface area contributed by atoms with Crippen molar-refractivity contribution in [2.24, 2.45) is 5.92 Å². The van der Waals surface area contributed by atoms with Crippen molar-refractivity contribution in [3.63, 3.8) is 0 Å². The third-order valence-electron chi connectivity index (χ3n) is 3.51. The summed E-state index contributed by atoms with van der Waals surface area (Å²) in [6.07, 6.45) is 5.56. The maximum Gasteiger partial charge on any atom is 0.0722 e. The Morgan fingerprint density at radius 3 is 2.57 bits per heavy atom. The molecule has 0 aromatic heterocycles. The SMILES string of the molecule is OC(C1CCOCC1)C1CCCCN1. The second-order valence-electron chi connectivity index (χ2n) is 4.50. The lowest BCUT2D eigenvalue weighted by atomic mass is 9.86. The van der Waals surface area contributed by atoms with E-state index in [1.807, 2.05) is 0 Å². The number of aliphatic hydroxyl groups is 1. The van der Waals surface area contributed by atoms with E-state index < -0.39 is 0 Å². The van der Waals surface area contributed by atoms with E-state index in [2.05, 4.69) is 5.32 Å². The number of ether oxygens (including phenoxy) is 1. The quantitative estimate of drug-likeness (QED) is 0.695. The molecular weight excluding hydrogens is 178 g/mol. The van der Waals surface area contributed by atoms with Gasteiger partial charge in [-0.1, -0.05) is 6.42 Å². The molecular formula is C11H21NO2. The molecule has 82 valence electrons. The van der Waals surface area contributed by atoms with Gasteiger partial charge in [0, 0.05) is 19.3 Å². The number of nitrogens with one attached hydrogen (secondary N) is 1. The Morgan fingerprint density at radius 1 is 1.14 bits per heavy atom. The average Bonchev–Trinajstić information content (AvgIpc) is 2.30. The third kappa shape index (κ3) is 2.47. The summed E-state index contributed by atoms with van der Waals surface area (Å²) in [6, 6.07) is 0.340. The molecule has 0 amide bonds. The molecule has 0 bridgehead atoms. The van der Waals surface area contributed by atoms with Crippen molar-refractivity contribution >= 4 is 0 Å². The van der Waals surface area contributed by atoms with Gasteiger partial charge in [0.2, 0.25) is 0 Å². The number of hydrogen-bond acceptors (Lipinski definition) is 3. The van der Waals surface area contributed by atoms with E-state index in [1.165, 1.54) is 12.8 Å². The van der Waals surface area contributed by atoms with Crippen molar-refractivity contribution in [3.05, 3.63) is 0 Å². The molecule has 0 radical (unpaired) electrons. The van der Waals surface area contributed by atoms with Crippen LogP contribution in [-0.2, 0) is 4.74 Å². The smallest absolute Gasteiger partial charge is 0.0722 e. The lowest BCUT2D eigenvalue weighted by Crippen LogP contribution is -2.47. The highest BCUT2D eigenvalue weighted by atomic mass is 16.5. The predicted molar refractivity (Wildman–Crippen MR) is 55.2 cm³/mol. The maximum atomic E-state index is 10.2. The number of rotatable bonds is 2. The maximum absolute atomic E-state index is 10.2. The lowest BCUT2D eigenvalue weighted by molar-refractivity contribution is -0.0114. The molecule has 14 heavy (non-hydrogen) atoms. The molecule has 0 aromatic rings. The van der Waals surface area contributed by atoms with Gasteiger partial charge in [0.05, 0.1) is 6.10 Å². The van der Waals surface area contributed by atoms with Gasteiger partial charge in [-0.3, -0.25) is 0 Å². The van der Waals surface area contributed by atoms with E-state index in [9.17, 15) is 5.11 Å². The zero-order valence-electron chi connectivity index (χ0n) is 8.74. The van der Waals surface area contributed by atoms with Crippen molar-refractivity contribution in [2.75, 3.05) is 19.8 Å². The van der Waals surface area contributed by atoms with E-state index >= 15 is 0 Å². The van der Waals surface area contributed by atoms with Gasteiger partial charge < -0.3 is 15.2 Å². The minimum Gasteiger partial charge on any atom is -0.391 e. The summed E-state index contributed by atoms with van der Waals surface area (Å²) in [7, 11) is 0. The largest absolute Gasteiger partial charge is 0.391 e. The Kier molecular flexibility index (Phi) is 3.79. The highest BCUT2D eigenvalue weighted by molar-refractivity contribution is 4.85. The first-order valence-electron chi connectivity index (χ1n) is 5.87. The van der Waals surface area contributed by atoms with Crippen LogP contribution < -0.4 is 5.32 Å². The van der Waals surface area contributed by atoms with Crippen molar-refractivity contribution in [1.82, 2.24) is 5.32 Å². The van der Waals surface area contributed by atoms with Gasteiger partial charge in [0.15, 0.2) is 0 Å². The van der Waals surface area contributed by atoms with Gasteiger partial charge in [-0.05, 0) is 38.1 Å². The average molecular weight is 199 g/mol. The standard InChI is InChI=1S/C11H21NO2/c13-11(9-4-7-14-8-5-9)10-3-1-2-6-12-10/h9-13H,1-8H2. The van der Waals surface area contributed by atoms with Gasteiger partial charge in [0.1, 0.15) is 0 Å². The van der Waals surface area contributed by atoms with Crippen LogP contribution in [0.5, 0.6) is 0 Å². The fourth-order valence-corrected chi connectivity index (χ4v) is 2.56. The highest BCUT2D eigenvalue weighted by Crippen LogP contribution is 2.23. The molecule has 2 aliphatic heterocycles. The van der Waals surface area contributed by atoms with Crippen LogP contribution in [0.25, 0.3) is 0 Å². The molecule has 2 N–H and O–H groups in total. The summed E-state index contributed by atoms with van der Waals surface area (Å²) in [5.74, 6) is 0.458. The first-order valence-corrected chi connectivity index (χ1v) is 5.87. The Balaban J connectivity index is 1.82. The normalized spacial score (nSPS) is 32.8. The van der Waals surface area contributed by atoms with Crippen molar-refractivity contribution < 1.29 is 9.84 Å². The van der Waals surface area contributed by atoms with Gasteiger partial charge in [0.25, 0.3) is 0 Å². The van der Waals surface area contributed by atoms with E-state index in [1.54, 1.807) is 0 Å². The Labute approximate surface area is 85.8 Å². The zero-order chi connectivity index (χ0) is 9.80. The van der Waals surface area contributed by atoms with Crippen LogP contribution in [-0.4, -0.2) is 37.0 Å². The van der Waals surface area contributed by atoms with Crippen molar-refractivity contribution in [3.8, 4) is 0 Å². The number of hydrogen-bond donors (Lipinski definition) is 2. The van der Waals surface area contributed by atoms with Crippen molar-refractivity contribution in [2.45, 2.75) is 44.2 Å². The molecule has 2 rings (SSSR count). The van der Waals surface area contributed by atoms with Crippen LogP contribution in [0.2, 0.25) is 0 Å². The molecule has 3 heteroatoms. The molecule has 2 unspecified atom stereocenters. The van der Waals surface area contributed by atoms with Crippen LogP contribution in [0, 0.1) is 5.92 Å². The van der Waals surface area contributed by atoms with E-state index in [4.69, 9.17) is 4.74 Å². The van der Waals surface area contributed by atoms with E-state index in [0.29, 0.717) is 12.0 Å². The number of aliphatic hydroxyl groups excluding tert-OH is 1. The summed E-state index contributed by atoms with van der Waals surface area (Å²) in [6.45, 7) is 2.73. The molecule has 0 spiro atoms. The highest BCUT2D eigenvalue weighted by Gasteiger charge is 2.29. The van der Waals surface area contributed by atoms with Gasteiger partial charge >= 0.3 is 0 Å². The summed E-state index contributed by atoms with van der Waals surface area (Å²) < 4.78 is 5.31. The van der Waals surface area contributed by atoms with Gasteiger partial charge in [-0.2, -0.15) is 0 Å². The summed E-state index contributed by atoms with van der Waals surface area (Å²) in [5, 5.41) is 13.6. The molecule has 2 heterocycles. The Hall–Kier alpha value is -0.120. The molecule has 0 saturated carbocycles. The van der Waals surface area contributed by atoms with Gasteiger partial charge in [-0.25, -0.2) is 0 Å². The third-order valence-corrected chi connectivity index (χ3v) is 3.51. The summed E-state index contributed by atoms with van der Waals surface area (Å²) in [4.78, 5) is 0. The molecule has 3 nitrogen and oxygen atoms in total. The molecule has 2 atom stereocenters. The fourth-order valence-electron chi connectivity index (χ4n) is 2.56. The Morgan fingerprint density at radius 2 is 1.93 bits per heavy atom. The van der Waals surface area contributed by atoms with Crippen LogP contribution in [0.4, 0.5) is 0 Å². The van der Waals surface area contributed by atoms with E-state index in [0.717, 1.165) is 39.0 Å². The lowest BCUT2D eigenvalue weighted by Gasteiger charge is -2.34. The first kappa shape index (κ1) is 10.4. The van der Waals surface area contributed by atoms with Crippen LogP contribution in [0.15, 0.2) is 0 Å².